The van der Waals surface area contributed by atoms with Gasteiger partial charge in [0.25, 0.3) is 11.8 Å². The Balaban J connectivity index is 1.66. The lowest BCUT2D eigenvalue weighted by Crippen LogP contribution is -2.41. The second kappa shape index (κ2) is 7.13. The molecule has 0 aliphatic heterocycles. The smallest absolute Gasteiger partial charge is 0.268 e. The van der Waals surface area contributed by atoms with Crippen molar-refractivity contribution in [2.24, 2.45) is 5.41 Å². The van der Waals surface area contributed by atoms with Gasteiger partial charge in [0.15, 0.2) is 0 Å². The number of aromatic nitrogens is 4. The van der Waals surface area contributed by atoms with Crippen molar-refractivity contribution in [2.75, 3.05) is 0 Å². The third-order valence-corrected chi connectivity index (χ3v) is 5.48. The largest absolute Gasteiger partial charge is 0.420 e. The highest BCUT2D eigenvalue weighted by Gasteiger charge is 2.30. The summed E-state index contributed by atoms with van der Waals surface area (Å²) in [5.41, 5.74) is 3.22. The Hall–Kier alpha value is -2.96. The maximum atomic E-state index is 12.8. The molecule has 4 rings (SSSR count). The van der Waals surface area contributed by atoms with Crippen molar-refractivity contribution in [3.05, 3.63) is 47.5 Å². The summed E-state index contributed by atoms with van der Waals surface area (Å²) < 4.78 is 7.45. The molecule has 0 spiro atoms. The topological polar surface area (TPSA) is 85.8 Å². The summed E-state index contributed by atoms with van der Waals surface area (Å²) >= 11 is 0. The summed E-state index contributed by atoms with van der Waals surface area (Å²) in [6, 6.07) is 9.63. The predicted molar refractivity (Wildman–Crippen MR) is 110 cm³/mol. The first-order valence-electron chi connectivity index (χ1n) is 10.0. The molecule has 2 aromatic heterocycles. The predicted octanol–water partition coefficient (Wildman–Crippen LogP) is 4.27. The summed E-state index contributed by atoms with van der Waals surface area (Å²) in [7, 11) is 0. The van der Waals surface area contributed by atoms with Gasteiger partial charge in [-0.05, 0) is 49.4 Å². The number of rotatable bonds is 5. The van der Waals surface area contributed by atoms with Gasteiger partial charge in [0, 0.05) is 30.1 Å². The molecule has 1 aromatic carbocycles. The molecule has 152 valence electrons. The third-order valence-electron chi connectivity index (χ3n) is 5.48. The molecule has 7 nitrogen and oxygen atoms in total. The Bertz CT molecular complexity index is 1040. The molecule has 1 saturated carbocycles. The van der Waals surface area contributed by atoms with Gasteiger partial charge in [0.1, 0.15) is 5.69 Å². The van der Waals surface area contributed by atoms with Gasteiger partial charge in [0.2, 0.25) is 5.89 Å². The van der Waals surface area contributed by atoms with Crippen molar-refractivity contribution in [2.45, 2.75) is 59.4 Å². The van der Waals surface area contributed by atoms with Gasteiger partial charge in [-0.15, -0.1) is 10.2 Å². The fraction of sp³-hybridized carbons (Fsp3) is 0.455. The molecule has 1 aliphatic carbocycles. The van der Waals surface area contributed by atoms with Gasteiger partial charge in [-0.2, -0.15) is 5.10 Å². The number of amides is 1. The molecule has 1 aliphatic rings. The van der Waals surface area contributed by atoms with E-state index in [0.717, 1.165) is 24.2 Å². The number of carbonyl (C=O) groups excluding carboxylic acids is 1. The lowest BCUT2D eigenvalue weighted by molar-refractivity contribution is 0.0910. The molecular weight excluding hydrogens is 366 g/mol. The first kappa shape index (κ1) is 19.4. The molecule has 1 N–H and O–H groups in total. The molecular formula is C22H27N5O2. The molecule has 1 amide bonds. The third kappa shape index (κ3) is 4.09. The minimum Gasteiger partial charge on any atom is -0.420 e. The van der Waals surface area contributed by atoms with E-state index in [1.54, 1.807) is 6.92 Å². The monoisotopic (exact) mass is 393 g/mol. The summed E-state index contributed by atoms with van der Waals surface area (Å²) in [5, 5.41) is 15.8. The van der Waals surface area contributed by atoms with Gasteiger partial charge in [-0.3, -0.25) is 4.79 Å². The van der Waals surface area contributed by atoms with E-state index in [9.17, 15) is 4.79 Å². The number of aryl methyl sites for hydroxylation is 1. The molecule has 0 bridgehead atoms. The summed E-state index contributed by atoms with van der Waals surface area (Å²) in [6.07, 6.45) is 2.27. The zero-order valence-electron chi connectivity index (χ0n) is 17.6. The number of nitrogens with zero attached hydrogens (tertiary/aromatic N) is 4. The molecule has 2 heterocycles. The van der Waals surface area contributed by atoms with E-state index in [4.69, 9.17) is 9.52 Å². The van der Waals surface area contributed by atoms with E-state index in [1.807, 2.05) is 41.9 Å². The van der Waals surface area contributed by atoms with Crippen LogP contribution in [0.3, 0.4) is 0 Å². The van der Waals surface area contributed by atoms with E-state index in [0.29, 0.717) is 29.0 Å². The van der Waals surface area contributed by atoms with Crippen molar-refractivity contribution < 1.29 is 9.21 Å². The SMILES string of the molecule is Cc1nnc(-c2cc(C3CC3)n(-c3cccc(C(=O)NC(C)C(C)(C)C)c3)n2)o1. The highest BCUT2D eigenvalue weighted by Crippen LogP contribution is 2.42. The number of hydrogen-bond donors (Lipinski definition) is 1. The molecule has 0 saturated heterocycles. The normalized spacial score (nSPS) is 15.3. The molecule has 1 fully saturated rings. The molecule has 1 atom stereocenters. The van der Waals surface area contributed by atoms with Gasteiger partial charge >= 0.3 is 0 Å². The van der Waals surface area contributed by atoms with Crippen molar-refractivity contribution in [1.29, 1.82) is 0 Å². The van der Waals surface area contributed by atoms with E-state index in [-0.39, 0.29) is 17.4 Å². The van der Waals surface area contributed by atoms with E-state index in [2.05, 4.69) is 36.3 Å². The van der Waals surface area contributed by atoms with Crippen LogP contribution in [0.25, 0.3) is 17.3 Å². The van der Waals surface area contributed by atoms with Crippen LogP contribution < -0.4 is 5.32 Å². The van der Waals surface area contributed by atoms with Crippen LogP contribution in [0.2, 0.25) is 0 Å². The zero-order valence-corrected chi connectivity index (χ0v) is 17.6. The van der Waals surface area contributed by atoms with Crippen LogP contribution in [0.4, 0.5) is 0 Å². The number of benzene rings is 1. The quantitative estimate of drug-likeness (QED) is 0.699. The van der Waals surface area contributed by atoms with Crippen molar-refractivity contribution in [1.82, 2.24) is 25.3 Å². The first-order valence-corrected chi connectivity index (χ1v) is 10.0. The Morgan fingerprint density at radius 1 is 1.24 bits per heavy atom. The van der Waals surface area contributed by atoms with Crippen LogP contribution >= 0.6 is 0 Å². The highest BCUT2D eigenvalue weighted by atomic mass is 16.4. The van der Waals surface area contributed by atoms with Crippen molar-refractivity contribution in [3.63, 3.8) is 0 Å². The van der Waals surface area contributed by atoms with Crippen LogP contribution in [-0.2, 0) is 0 Å². The molecule has 29 heavy (non-hydrogen) atoms. The van der Waals surface area contributed by atoms with Crippen LogP contribution in [0.5, 0.6) is 0 Å². The van der Waals surface area contributed by atoms with Gasteiger partial charge < -0.3 is 9.73 Å². The lowest BCUT2D eigenvalue weighted by Gasteiger charge is -2.28. The minimum atomic E-state index is -0.0813. The van der Waals surface area contributed by atoms with Crippen LogP contribution in [0, 0.1) is 12.3 Å². The molecule has 1 unspecified atom stereocenters. The number of hydrogen-bond acceptors (Lipinski definition) is 5. The maximum absolute atomic E-state index is 12.8. The van der Waals surface area contributed by atoms with Crippen molar-refractivity contribution in [3.8, 4) is 17.3 Å². The fourth-order valence-electron chi connectivity index (χ4n) is 3.05. The lowest BCUT2D eigenvalue weighted by atomic mass is 9.88. The number of nitrogens with one attached hydrogen (secondary N) is 1. The summed E-state index contributed by atoms with van der Waals surface area (Å²) in [5.74, 6) is 1.31. The standard InChI is InChI=1S/C22H27N5O2/c1-13(22(3,4)5)23-20(28)16-7-6-8-17(11-16)27-19(15-9-10-15)12-18(26-27)21-25-24-14(2)29-21/h6-8,11-13,15H,9-10H2,1-5H3,(H,23,28). The summed E-state index contributed by atoms with van der Waals surface area (Å²) in [4.78, 5) is 12.8. The zero-order chi connectivity index (χ0) is 20.8. The van der Waals surface area contributed by atoms with Gasteiger partial charge in [-0.1, -0.05) is 26.8 Å². The molecule has 3 aromatic rings. The Morgan fingerprint density at radius 2 is 2.00 bits per heavy atom. The number of carbonyl (C=O) groups is 1. The average molecular weight is 393 g/mol. The molecule has 0 radical (unpaired) electrons. The fourth-order valence-corrected chi connectivity index (χ4v) is 3.05. The Morgan fingerprint density at radius 3 is 2.62 bits per heavy atom. The van der Waals surface area contributed by atoms with Crippen LogP contribution in [-0.4, -0.2) is 31.9 Å². The Labute approximate surface area is 170 Å². The Kier molecular flexibility index (Phi) is 4.76. The van der Waals surface area contributed by atoms with E-state index >= 15 is 0 Å². The van der Waals surface area contributed by atoms with Gasteiger partial charge in [0.05, 0.1) is 5.69 Å². The van der Waals surface area contributed by atoms with Crippen LogP contribution in [0.15, 0.2) is 34.7 Å². The second-order valence-corrected chi connectivity index (χ2v) is 8.88. The van der Waals surface area contributed by atoms with Gasteiger partial charge in [-0.25, -0.2) is 4.68 Å². The minimum absolute atomic E-state index is 0.00843. The average Bonchev–Trinajstić information content (AvgIpc) is 3.27. The first-order chi connectivity index (χ1) is 13.7. The maximum Gasteiger partial charge on any atom is 0.268 e. The second-order valence-electron chi connectivity index (χ2n) is 8.88. The van der Waals surface area contributed by atoms with Crippen molar-refractivity contribution >= 4 is 5.91 Å². The van der Waals surface area contributed by atoms with E-state index in [1.165, 1.54) is 0 Å². The van der Waals surface area contributed by atoms with E-state index < -0.39 is 0 Å². The highest BCUT2D eigenvalue weighted by molar-refractivity contribution is 5.95. The molecule has 7 heteroatoms. The van der Waals surface area contributed by atoms with Crippen LogP contribution in [0.1, 0.15) is 68.4 Å². The summed E-state index contributed by atoms with van der Waals surface area (Å²) in [6.45, 7) is 10.1.